The molecular formula is C21H17F2N3O3. The molecule has 3 rings (SSSR count). The molecule has 8 heteroatoms. The number of benzene rings is 2. The van der Waals surface area contributed by atoms with Gasteiger partial charge in [-0.1, -0.05) is 6.07 Å². The van der Waals surface area contributed by atoms with Gasteiger partial charge < -0.3 is 15.4 Å². The van der Waals surface area contributed by atoms with Gasteiger partial charge in [-0.15, -0.1) is 0 Å². The number of hydrogen-bond donors (Lipinski definition) is 2. The number of ether oxygens (including phenoxy) is 1. The monoisotopic (exact) mass is 397 g/mol. The largest absolute Gasteiger partial charge is 0.495 e. The number of carbonyl (C=O) groups excluding carboxylic acids is 2. The van der Waals surface area contributed by atoms with E-state index in [4.69, 9.17) is 4.74 Å². The zero-order valence-corrected chi connectivity index (χ0v) is 15.6. The Morgan fingerprint density at radius 3 is 2.41 bits per heavy atom. The molecule has 1 aromatic heterocycles. The van der Waals surface area contributed by atoms with Crippen LogP contribution in [-0.2, 0) is 0 Å². The summed E-state index contributed by atoms with van der Waals surface area (Å²) >= 11 is 0. The van der Waals surface area contributed by atoms with Crippen molar-refractivity contribution >= 4 is 23.2 Å². The lowest BCUT2D eigenvalue weighted by atomic mass is 10.1. The molecule has 3 aromatic rings. The third-order valence-electron chi connectivity index (χ3n) is 4.04. The number of carbonyl (C=O) groups is 2. The summed E-state index contributed by atoms with van der Waals surface area (Å²) in [5, 5.41) is 5.03. The highest BCUT2D eigenvalue weighted by molar-refractivity contribution is 6.08. The maximum absolute atomic E-state index is 13.7. The number of nitrogens with zero attached hydrogens (tertiary/aromatic N) is 1. The lowest BCUT2D eigenvalue weighted by molar-refractivity contribution is 0.102. The number of hydrogen-bond acceptors (Lipinski definition) is 4. The van der Waals surface area contributed by atoms with Crippen LogP contribution in [0, 0.1) is 18.6 Å². The zero-order valence-electron chi connectivity index (χ0n) is 15.6. The van der Waals surface area contributed by atoms with Gasteiger partial charge in [-0.25, -0.2) is 8.78 Å². The Morgan fingerprint density at radius 1 is 0.931 bits per heavy atom. The van der Waals surface area contributed by atoms with E-state index < -0.39 is 23.4 Å². The first-order valence-corrected chi connectivity index (χ1v) is 8.56. The molecule has 2 aromatic carbocycles. The molecule has 0 aliphatic heterocycles. The van der Waals surface area contributed by atoms with E-state index in [9.17, 15) is 18.4 Å². The van der Waals surface area contributed by atoms with Crippen molar-refractivity contribution in [3.05, 3.63) is 83.2 Å². The molecule has 0 atom stereocenters. The van der Waals surface area contributed by atoms with Gasteiger partial charge in [-0.2, -0.15) is 0 Å². The van der Waals surface area contributed by atoms with Gasteiger partial charge in [-0.05, 0) is 48.9 Å². The van der Waals surface area contributed by atoms with Crippen molar-refractivity contribution in [1.82, 2.24) is 4.98 Å². The van der Waals surface area contributed by atoms with Crippen molar-refractivity contribution in [2.45, 2.75) is 6.92 Å². The number of halogens is 2. The van der Waals surface area contributed by atoms with Crippen molar-refractivity contribution in [3.63, 3.8) is 0 Å². The molecule has 0 saturated carbocycles. The molecular weight excluding hydrogens is 380 g/mol. The van der Waals surface area contributed by atoms with Crippen LogP contribution in [0.5, 0.6) is 5.75 Å². The topological polar surface area (TPSA) is 80.3 Å². The number of pyridine rings is 1. The summed E-state index contributed by atoms with van der Waals surface area (Å²) in [5.74, 6) is -2.40. The Morgan fingerprint density at radius 2 is 1.69 bits per heavy atom. The third-order valence-corrected chi connectivity index (χ3v) is 4.04. The van der Waals surface area contributed by atoms with Crippen LogP contribution in [0.15, 0.2) is 54.7 Å². The SMILES string of the molecule is COc1ccc(C)cc1NC(=O)c1cc(C(=O)Nc2ccc(F)cc2F)ccn1. The molecule has 1 heterocycles. The normalized spacial score (nSPS) is 10.3. The van der Waals surface area contributed by atoms with Crippen LogP contribution < -0.4 is 15.4 Å². The molecule has 0 unspecified atom stereocenters. The van der Waals surface area contributed by atoms with Crippen LogP contribution in [0.2, 0.25) is 0 Å². The Balaban J connectivity index is 1.79. The number of aromatic nitrogens is 1. The molecule has 0 saturated heterocycles. The Kier molecular flexibility index (Phi) is 5.82. The van der Waals surface area contributed by atoms with Gasteiger partial charge in [0.15, 0.2) is 0 Å². The maximum atomic E-state index is 13.7. The fourth-order valence-electron chi connectivity index (χ4n) is 2.59. The first-order valence-electron chi connectivity index (χ1n) is 8.56. The van der Waals surface area contributed by atoms with Gasteiger partial charge in [0.05, 0.1) is 18.5 Å². The molecule has 2 amide bonds. The third kappa shape index (κ3) is 4.73. The summed E-state index contributed by atoms with van der Waals surface area (Å²) < 4.78 is 32.0. The minimum Gasteiger partial charge on any atom is -0.495 e. The van der Waals surface area contributed by atoms with E-state index in [2.05, 4.69) is 15.6 Å². The van der Waals surface area contributed by atoms with E-state index in [1.165, 1.54) is 25.4 Å². The van der Waals surface area contributed by atoms with E-state index in [1.807, 2.05) is 13.0 Å². The minimum atomic E-state index is -0.906. The van der Waals surface area contributed by atoms with Crippen molar-refractivity contribution < 1.29 is 23.1 Å². The fourth-order valence-corrected chi connectivity index (χ4v) is 2.59. The van der Waals surface area contributed by atoms with E-state index in [0.717, 1.165) is 17.7 Å². The lowest BCUT2D eigenvalue weighted by Crippen LogP contribution is -2.17. The highest BCUT2D eigenvalue weighted by Crippen LogP contribution is 2.25. The second kappa shape index (κ2) is 8.47. The first-order chi connectivity index (χ1) is 13.9. The lowest BCUT2D eigenvalue weighted by Gasteiger charge is -2.11. The van der Waals surface area contributed by atoms with E-state index in [-0.39, 0.29) is 16.9 Å². The van der Waals surface area contributed by atoms with Crippen LogP contribution in [0.1, 0.15) is 26.4 Å². The van der Waals surface area contributed by atoms with Gasteiger partial charge >= 0.3 is 0 Å². The molecule has 0 radical (unpaired) electrons. The van der Waals surface area contributed by atoms with Crippen LogP contribution in [-0.4, -0.2) is 23.9 Å². The van der Waals surface area contributed by atoms with Crippen LogP contribution in [0.25, 0.3) is 0 Å². The Hall–Kier alpha value is -3.81. The van der Waals surface area contributed by atoms with Crippen LogP contribution in [0.4, 0.5) is 20.2 Å². The standard InChI is InChI=1S/C21H17F2N3O3/c1-12-3-6-19(29-2)17(9-12)26-21(28)18-10-13(7-8-24-18)20(27)25-16-5-4-14(22)11-15(16)23/h3-11H,1-2H3,(H,25,27)(H,26,28). The highest BCUT2D eigenvalue weighted by atomic mass is 19.1. The maximum Gasteiger partial charge on any atom is 0.274 e. The molecule has 0 fully saturated rings. The molecule has 2 N–H and O–H groups in total. The summed E-state index contributed by atoms with van der Waals surface area (Å²) in [6.07, 6.45) is 1.29. The summed E-state index contributed by atoms with van der Waals surface area (Å²) in [4.78, 5) is 28.9. The summed E-state index contributed by atoms with van der Waals surface area (Å²) in [6, 6.07) is 10.8. The molecule has 148 valence electrons. The molecule has 0 aliphatic rings. The molecule has 0 bridgehead atoms. The molecule has 29 heavy (non-hydrogen) atoms. The van der Waals surface area contributed by atoms with E-state index in [1.54, 1.807) is 12.1 Å². The van der Waals surface area contributed by atoms with Gasteiger partial charge in [0.25, 0.3) is 11.8 Å². The Bertz CT molecular complexity index is 1090. The second-order valence-corrected chi connectivity index (χ2v) is 6.17. The number of methoxy groups -OCH3 is 1. The number of nitrogens with one attached hydrogen (secondary N) is 2. The predicted octanol–water partition coefficient (Wildman–Crippen LogP) is 4.18. The highest BCUT2D eigenvalue weighted by Gasteiger charge is 2.15. The van der Waals surface area contributed by atoms with Crippen molar-refractivity contribution in [2.75, 3.05) is 17.7 Å². The summed E-state index contributed by atoms with van der Waals surface area (Å²) in [5.41, 5.74) is 1.28. The van der Waals surface area contributed by atoms with Crippen molar-refractivity contribution in [2.24, 2.45) is 0 Å². The second-order valence-electron chi connectivity index (χ2n) is 6.17. The van der Waals surface area contributed by atoms with Crippen molar-refractivity contribution in [1.29, 1.82) is 0 Å². The fraction of sp³-hybridized carbons (Fsp3) is 0.0952. The Labute approximate surface area is 165 Å². The van der Waals surface area contributed by atoms with Crippen LogP contribution in [0.3, 0.4) is 0 Å². The van der Waals surface area contributed by atoms with Gasteiger partial charge in [0, 0.05) is 17.8 Å². The quantitative estimate of drug-likeness (QED) is 0.677. The van der Waals surface area contributed by atoms with Gasteiger partial charge in [-0.3, -0.25) is 14.6 Å². The van der Waals surface area contributed by atoms with Crippen LogP contribution >= 0.6 is 0 Å². The number of aryl methyl sites for hydroxylation is 1. The minimum absolute atomic E-state index is 0.0132. The van der Waals surface area contributed by atoms with Gasteiger partial charge in [0.2, 0.25) is 0 Å². The van der Waals surface area contributed by atoms with Gasteiger partial charge in [0.1, 0.15) is 23.1 Å². The number of anilines is 2. The number of amides is 2. The summed E-state index contributed by atoms with van der Waals surface area (Å²) in [7, 11) is 1.48. The smallest absolute Gasteiger partial charge is 0.274 e. The zero-order chi connectivity index (χ0) is 21.0. The molecule has 6 nitrogen and oxygen atoms in total. The number of rotatable bonds is 5. The average Bonchev–Trinajstić information content (AvgIpc) is 2.70. The molecule has 0 spiro atoms. The van der Waals surface area contributed by atoms with E-state index >= 15 is 0 Å². The molecule has 0 aliphatic carbocycles. The first kappa shape index (κ1) is 19.9. The van der Waals surface area contributed by atoms with Crippen molar-refractivity contribution in [3.8, 4) is 5.75 Å². The summed E-state index contributed by atoms with van der Waals surface area (Å²) in [6.45, 7) is 1.87. The average molecular weight is 397 g/mol. The van der Waals surface area contributed by atoms with E-state index in [0.29, 0.717) is 17.5 Å². The predicted molar refractivity (Wildman–Crippen MR) is 104 cm³/mol.